The summed E-state index contributed by atoms with van der Waals surface area (Å²) in [5.41, 5.74) is 2.12. The van der Waals surface area contributed by atoms with E-state index in [2.05, 4.69) is 0 Å². The Morgan fingerprint density at radius 1 is 1.24 bits per heavy atom. The summed E-state index contributed by atoms with van der Waals surface area (Å²) in [6.07, 6.45) is 3.27. The van der Waals surface area contributed by atoms with Gasteiger partial charge in [-0.15, -0.1) is 4.73 Å². The van der Waals surface area contributed by atoms with Gasteiger partial charge in [-0.1, -0.05) is 18.2 Å². The summed E-state index contributed by atoms with van der Waals surface area (Å²) in [4.78, 5) is 14.1. The molecular weight excluding hydrogens is 268 g/mol. The monoisotopic (exact) mass is 284 g/mol. The molecule has 5 heteroatoms. The highest BCUT2D eigenvalue weighted by Crippen LogP contribution is 2.26. The molecule has 21 heavy (non-hydrogen) atoms. The lowest BCUT2D eigenvalue weighted by molar-refractivity contribution is -0.612. The van der Waals surface area contributed by atoms with Crippen molar-refractivity contribution in [2.75, 3.05) is 18.1 Å². The van der Waals surface area contributed by atoms with E-state index in [-0.39, 0.29) is 18.4 Å². The number of amides is 1. The highest BCUT2D eigenvalue weighted by atomic mass is 16.6. The first-order chi connectivity index (χ1) is 10.3. The summed E-state index contributed by atoms with van der Waals surface area (Å²) in [6.45, 7) is 0.548. The number of benzene rings is 1. The first-order valence-corrected chi connectivity index (χ1v) is 6.95. The Labute approximate surface area is 123 Å². The van der Waals surface area contributed by atoms with Gasteiger partial charge in [0.15, 0.2) is 12.8 Å². The molecule has 1 aromatic heterocycles. The van der Waals surface area contributed by atoms with Crippen molar-refractivity contribution >= 4 is 11.6 Å². The Balaban J connectivity index is 1.71. The van der Waals surface area contributed by atoms with Crippen LogP contribution in [-0.4, -0.2) is 19.1 Å². The molecule has 5 nitrogen and oxygen atoms in total. The summed E-state index contributed by atoms with van der Waals surface area (Å²) in [5, 5.41) is 11.5. The number of hydrogen-bond acceptors (Lipinski definition) is 3. The molecule has 0 fully saturated rings. The van der Waals surface area contributed by atoms with Gasteiger partial charge < -0.3 is 14.8 Å². The number of pyridine rings is 1. The van der Waals surface area contributed by atoms with Gasteiger partial charge in [-0.3, -0.25) is 4.79 Å². The van der Waals surface area contributed by atoms with E-state index in [1.54, 1.807) is 23.1 Å². The highest BCUT2D eigenvalue weighted by molar-refractivity contribution is 5.95. The molecule has 1 aromatic carbocycles. The minimum atomic E-state index is -0.138. The largest absolute Gasteiger partial charge is 0.616 e. The Morgan fingerprint density at radius 3 is 2.90 bits per heavy atom. The maximum absolute atomic E-state index is 12.3. The van der Waals surface area contributed by atoms with Crippen LogP contribution in [0.5, 0.6) is 5.88 Å². The summed E-state index contributed by atoms with van der Waals surface area (Å²) in [5.74, 6) is 0.00199. The van der Waals surface area contributed by atoms with Crippen LogP contribution in [-0.2, 0) is 11.2 Å². The maximum Gasteiger partial charge on any atom is 0.379 e. The number of rotatable bonds is 3. The molecule has 1 amide bonds. The molecule has 0 unspecified atom stereocenters. The lowest BCUT2D eigenvalue weighted by atomic mass is 10.0. The van der Waals surface area contributed by atoms with E-state index in [0.29, 0.717) is 11.3 Å². The van der Waals surface area contributed by atoms with Crippen LogP contribution < -0.4 is 14.4 Å². The summed E-state index contributed by atoms with van der Waals surface area (Å²) in [7, 11) is 0. The smallest absolute Gasteiger partial charge is 0.379 e. The number of nitrogens with zero attached hydrogens (tertiary/aromatic N) is 2. The normalized spacial score (nSPS) is 13.6. The van der Waals surface area contributed by atoms with Crippen LogP contribution >= 0.6 is 0 Å². The summed E-state index contributed by atoms with van der Waals surface area (Å²) in [6, 6.07) is 12.8. The first-order valence-electron chi connectivity index (χ1n) is 6.95. The first kappa shape index (κ1) is 13.4. The van der Waals surface area contributed by atoms with Gasteiger partial charge in [0.25, 0.3) is 5.91 Å². The van der Waals surface area contributed by atoms with Crippen LogP contribution in [0, 0.1) is 5.21 Å². The third-order valence-corrected chi connectivity index (χ3v) is 3.54. The van der Waals surface area contributed by atoms with Crippen molar-refractivity contribution in [3.63, 3.8) is 0 Å². The molecule has 2 aromatic rings. The Morgan fingerprint density at radius 2 is 2.05 bits per heavy atom. The third kappa shape index (κ3) is 2.81. The van der Waals surface area contributed by atoms with Gasteiger partial charge in [-0.25, -0.2) is 0 Å². The van der Waals surface area contributed by atoms with E-state index in [0.717, 1.165) is 18.5 Å². The van der Waals surface area contributed by atoms with Crippen molar-refractivity contribution in [1.29, 1.82) is 0 Å². The van der Waals surface area contributed by atoms with E-state index in [1.807, 2.05) is 24.3 Å². The third-order valence-electron chi connectivity index (χ3n) is 3.54. The number of carbonyl (C=O) groups excluding carboxylic acids is 1. The molecule has 0 radical (unpaired) electrons. The zero-order chi connectivity index (χ0) is 14.7. The highest BCUT2D eigenvalue weighted by Gasteiger charge is 2.23. The van der Waals surface area contributed by atoms with Crippen LogP contribution in [0.2, 0.25) is 0 Å². The maximum atomic E-state index is 12.3. The molecular formula is C16H16N2O3. The van der Waals surface area contributed by atoms with E-state index < -0.39 is 0 Å². The van der Waals surface area contributed by atoms with Gasteiger partial charge in [0.2, 0.25) is 0 Å². The molecule has 0 saturated heterocycles. The summed E-state index contributed by atoms with van der Waals surface area (Å²) >= 11 is 0. The topological polar surface area (TPSA) is 56.5 Å². The van der Waals surface area contributed by atoms with Crippen LogP contribution in [0.25, 0.3) is 0 Å². The molecule has 0 N–H and O–H groups in total. The Bertz CT molecular complexity index is 657. The van der Waals surface area contributed by atoms with E-state index in [1.165, 1.54) is 11.8 Å². The number of hydrogen-bond donors (Lipinski definition) is 0. The van der Waals surface area contributed by atoms with Crippen LogP contribution in [0.1, 0.15) is 12.0 Å². The molecule has 0 bridgehead atoms. The number of para-hydroxylation sites is 1. The standard InChI is InChI=1S/C16H16N2O3/c19-15(12-21-16-9-3-4-11-18(16)20)17-10-5-7-13-6-1-2-8-14(13)17/h1-4,6,8-9,11H,5,7,10,12H2. The molecule has 0 spiro atoms. The molecule has 2 heterocycles. The predicted molar refractivity (Wildman–Crippen MR) is 78.0 cm³/mol. The summed E-state index contributed by atoms with van der Waals surface area (Å²) < 4.78 is 5.93. The molecule has 0 saturated carbocycles. The second kappa shape index (κ2) is 5.83. The number of carbonyl (C=O) groups is 1. The van der Waals surface area contributed by atoms with Crippen LogP contribution in [0.15, 0.2) is 48.7 Å². The number of aryl methyl sites for hydroxylation is 1. The van der Waals surface area contributed by atoms with Crippen molar-refractivity contribution < 1.29 is 14.3 Å². The van der Waals surface area contributed by atoms with Crippen LogP contribution in [0.3, 0.4) is 0 Å². The van der Waals surface area contributed by atoms with Gasteiger partial charge in [-0.05, 0) is 30.5 Å². The SMILES string of the molecule is O=C(COc1cccc[n+]1[O-])N1CCCc2ccccc21. The van der Waals surface area contributed by atoms with Gasteiger partial charge >= 0.3 is 5.88 Å². The minimum Gasteiger partial charge on any atom is -0.616 e. The number of aromatic nitrogens is 1. The van der Waals surface area contributed by atoms with Crippen molar-refractivity contribution in [3.05, 3.63) is 59.4 Å². The number of anilines is 1. The number of fused-ring (bicyclic) bond motifs is 1. The molecule has 0 aliphatic carbocycles. The average molecular weight is 284 g/mol. The van der Waals surface area contributed by atoms with Crippen molar-refractivity contribution in [2.24, 2.45) is 0 Å². The van der Waals surface area contributed by atoms with E-state index >= 15 is 0 Å². The Hall–Kier alpha value is -2.56. The fourth-order valence-corrected chi connectivity index (χ4v) is 2.53. The van der Waals surface area contributed by atoms with Gasteiger partial charge in [0.1, 0.15) is 0 Å². The molecule has 1 aliphatic rings. The van der Waals surface area contributed by atoms with Gasteiger partial charge in [0, 0.05) is 18.3 Å². The van der Waals surface area contributed by atoms with Crippen LogP contribution in [0.4, 0.5) is 5.69 Å². The van der Waals surface area contributed by atoms with Gasteiger partial charge in [0.05, 0.1) is 6.07 Å². The fourth-order valence-electron chi connectivity index (χ4n) is 2.53. The fraction of sp³-hybridized carbons (Fsp3) is 0.250. The minimum absolute atomic E-state index is 0.133. The quantitative estimate of drug-likeness (QED) is 0.636. The lowest BCUT2D eigenvalue weighted by Gasteiger charge is -2.29. The molecule has 1 aliphatic heterocycles. The lowest BCUT2D eigenvalue weighted by Crippen LogP contribution is -2.39. The predicted octanol–water partition coefficient (Wildman–Crippen LogP) is 1.68. The Kier molecular flexibility index (Phi) is 3.73. The molecule has 0 atom stereocenters. The van der Waals surface area contributed by atoms with Crippen molar-refractivity contribution in [3.8, 4) is 5.88 Å². The second-order valence-corrected chi connectivity index (χ2v) is 4.93. The zero-order valence-electron chi connectivity index (χ0n) is 11.6. The van der Waals surface area contributed by atoms with Gasteiger partial charge in [-0.2, -0.15) is 0 Å². The molecule has 3 rings (SSSR count). The second-order valence-electron chi connectivity index (χ2n) is 4.93. The van der Waals surface area contributed by atoms with E-state index in [4.69, 9.17) is 4.74 Å². The van der Waals surface area contributed by atoms with Crippen molar-refractivity contribution in [1.82, 2.24) is 0 Å². The van der Waals surface area contributed by atoms with Crippen molar-refractivity contribution in [2.45, 2.75) is 12.8 Å². The number of ether oxygens (including phenoxy) is 1. The van der Waals surface area contributed by atoms with E-state index in [9.17, 15) is 10.0 Å². The zero-order valence-corrected chi connectivity index (χ0v) is 11.6. The average Bonchev–Trinajstić information content (AvgIpc) is 2.53. The molecule has 108 valence electrons.